The second-order valence-electron chi connectivity index (χ2n) is 4.73. The predicted molar refractivity (Wildman–Crippen MR) is 75.7 cm³/mol. The normalized spacial score (nSPS) is 22.1. The lowest BCUT2D eigenvalue weighted by Crippen LogP contribution is -2.35. The minimum atomic E-state index is -0.0177. The molecule has 1 amide bonds. The summed E-state index contributed by atoms with van der Waals surface area (Å²) in [5.74, 6) is 0.0774. The number of carbonyl (C=O) groups excluding carboxylic acids is 1. The third-order valence-corrected chi connectivity index (χ3v) is 4.53. The summed E-state index contributed by atoms with van der Waals surface area (Å²) in [5.41, 5.74) is 1.20. The van der Waals surface area contributed by atoms with Crippen molar-refractivity contribution in [2.75, 3.05) is 11.9 Å². The number of thiazole rings is 1. The smallest absolute Gasteiger partial charge is 0.243 e. The average Bonchev–Trinajstić information content (AvgIpc) is 2.97. The van der Waals surface area contributed by atoms with Crippen molar-refractivity contribution in [2.24, 2.45) is 0 Å². The summed E-state index contributed by atoms with van der Waals surface area (Å²) in [7, 11) is 0. The number of nitrogens with zero attached hydrogens (tertiary/aromatic N) is 1. The van der Waals surface area contributed by atoms with Gasteiger partial charge in [-0.25, -0.2) is 4.98 Å². The summed E-state index contributed by atoms with van der Waals surface area (Å²) in [6.45, 7) is 0.951. The zero-order chi connectivity index (χ0) is 11.7. The molecule has 4 nitrogen and oxygen atoms in total. The second-order valence-corrected chi connectivity index (χ2v) is 5.82. The summed E-state index contributed by atoms with van der Waals surface area (Å²) in [6.07, 6.45) is 6.72. The van der Waals surface area contributed by atoms with Gasteiger partial charge in [-0.05, 0) is 45.1 Å². The van der Waals surface area contributed by atoms with E-state index in [4.69, 9.17) is 0 Å². The van der Waals surface area contributed by atoms with E-state index in [1.54, 1.807) is 11.3 Å². The Hall–Kier alpha value is -0.650. The molecule has 0 saturated carbocycles. The van der Waals surface area contributed by atoms with Gasteiger partial charge < -0.3 is 10.6 Å². The first-order valence-corrected chi connectivity index (χ1v) is 7.17. The Morgan fingerprint density at radius 3 is 2.89 bits per heavy atom. The zero-order valence-electron chi connectivity index (χ0n) is 10.2. The topological polar surface area (TPSA) is 54.0 Å². The van der Waals surface area contributed by atoms with Gasteiger partial charge in [0.25, 0.3) is 0 Å². The quantitative estimate of drug-likeness (QED) is 0.876. The standard InChI is InChI=1S/C12H17N3OS.ClH/c16-11(9-5-3-7-13-9)15-12-14-8-4-1-2-6-10(8)17-12;/h9,13H,1-7H2,(H,14,15,16);1H/t9-;/m0./s1. The molecule has 1 aliphatic heterocycles. The largest absolute Gasteiger partial charge is 0.306 e. The van der Waals surface area contributed by atoms with Crippen LogP contribution >= 0.6 is 23.7 Å². The van der Waals surface area contributed by atoms with Crippen molar-refractivity contribution < 1.29 is 4.79 Å². The number of aromatic nitrogens is 1. The van der Waals surface area contributed by atoms with Crippen LogP contribution in [0.25, 0.3) is 0 Å². The Morgan fingerprint density at radius 2 is 2.17 bits per heavy atom. The van der Waals surface area contributed by atoms with Gasteiger partial charge in [0, 0.05) is 4.88 Å². The molecule has 6 heteroatoms. The van der Waals surface area contributed by atoms with Crippen molar-refractivity contribution in [3.05, 3.63) is 10.6 Å². The SMILES string of the molecule is Cl.O=C(Nc1nc2c(s1)CCCC2)[C@@H]1CCCN1. The molecule has 1 atom stereocenters. The lowest BCUT2D eigenvalue weighted by Gasteiger charge is -2.08. The van der Waals surface area contributed by atoms with Gasteiger partial charge in [0.2, 0.25) is 5.91 Å². The Kier molecular flexibility index (Phi) is 4.59. The number of amides is 1. The van der Waals surface area contributed by atoms with Crippen LogP contribution in [0.15, 0.2) is 0 Å². The number of hydrogen-bond donors (Lipinski definition) is 2. The number of fused-ring (bicyclic) bond motifs is 1. The number of hydrogen-bond acceptors (Lipinski definition) is 4. The lowest BCUT2D eigenvalue weighted by atomic mass is 10.0. The fourth-order valence-corrected chi connectivity index (χ4v) is 3.56. The van der Waals surface area contributed by atoms with Crippen molar-refractivity contribution in [2.45, 2.75) is 44.6 Å². The average molecular weight is 288 g/mol. The molecule has 3 rings (SSSR count). The third kappa shape index (κ3) is 2.84. The van der Waals surface area contributed by atoms with Crippen LogP contribution in [0.1, 0.15) is 36.3 Å². The Bertz CT molecular complexity index is 405. The Labute approximate surface area is 117 Å². The van der Waals surface area contributed by atoms with E-state index < -0.39 is 0 Å². The lowest BCUT2D eigenvalue weighted by molar-refractivity contribution is -0.117. The van der Waals surface area contributed by atoms with Gasteiger partial charge in [-0.3, -0.25) is 4.79 Å². The van der Waals surface area contributed by atoms with Gasteiger partial charge in [-0.2, -0.15) is 0 Å². The van der Waals surface area contributed by atoms with Crippen LogP contribution in [-0.2, 0) is 17.6 Å². The highest BCUT2D eigenvalue weighted by Crippen LogP contribution is 2.29. The van der Waals surface area contributed by atoms with Gasteiger partial charge in [-0.15, -0.1) is 23.7 Å². The molecule has 2 heterocycles. The minimum absolute atomic E-state index is 0. The van der Waals surface area contributed by atoms with Gasteiger partial charge in [0.15, 0.2) is 5.13 Å². The predicted octanol–water partition coefficient (Wildman–Crippen LogP) is 2.13. The fourth-order valence-electron chi connectivity index (χ4n) is 2.51. The number of rotatable bonds is 2. The summed E-state index contributed by atoms with van der Waals surface area (Å²) in [5, 5.41) is 6.94. The molecule has 1 aromatic heterocycles. The highest BCUT2D eigenvalue weighted by molar-refractivity contribution is 7.15. The summed E-state index contributed by atoms with van der Waals surface area (Å²) in [6, 6.07) is -0.0177. The maximum atomic E-state index is 11.9. The summed E-state index contributed by atoms with van der Waals surface area (Å²) < 4.78 is 0. The molecule has 100 valence electrons. The second kappa shape index (κ2) is 5.99. The first kappa shape index (κ1) is 13.8. The number of halogens is 1. The molecule has 0 bridgehead atoms. The van der Waals surface area contributed by atoms with Crippen molar-refractivity contribution in [3.63, 3.8) is 0 Å². The molecule has 2 aliphatic rings. The van der Waals surface area contributed by atoms with Crippen LogP contribution in [0.3, 0.4) is 0 Å². The van der Waals surface area contributed by atoms with Crippen LogP contribution < -0.4 is 10.6 Å². The number of carbonyl (C=O) groups is 1. The van der Waals surface area contributed by atoms with E-state index in [9.17, 15) is 4.79 Å². The van der Waals surface area contributed by atoms with E-state index in [1.807, 2.05) is 0 Å². The molecular formula is C12H18ClN3OS. The number of nitrogens with one attached hydrogen (secondary N) is 2. The van der Waals surface area contributed by atoms with E-state index in [2.05, 4.69) is 15.6 Å². The number of aryl methyl sites for hydroxylation is 2. The summed E-state index contributed by atoms with van der Waals surface area (Å²) >= 11 is 1.65. The van der Waals surface area contributed by atoms with E-state index in [0.717, 1.165) is 37.4 Å². The van der Waals surface area contributed by atoms with Gasteiger partial charge in [0.1, 0.15) is 0 Å². The van der Waals surface area contributed by atoms with Crippen LogP contribution in [-0.4, -0.2) is 23.5 Å². The van der Waals surface area contributed by atoms with Crippen molar-refractivity contribution >= 4 is 34.8 Å². The van der Waals surface area contributed by atoms with Crippen LogP contribution in [0.2, 0.25) is 0 Å². The van der Waals surface area contributed by atoms with Crippen molar-refractivity contribution in [3.8, 4) is 0 Å². The first-order chi connectivity index (χ1) is 8.33. The van der Waals surface area contributed by atoms with E-state index in [-0.39, 0.29) is 24.4 Å². The van der Waals surface area contributed by atoms with Gasteiger partial charge >= 0.3 is 0 Å². The molecule has 2 N–H and O–H groups in total. The molecule has 1 aliphatic carbocycles. The van der Waals surface area contributed by atoms with E-state index in [1.165, 1.54) is 23.4 Å². The van der Waals surface area contributed by atoms with E-state index >= 15 is 0 Å². The molecule has 1 fully saturated rings. The van der Waals surface area contributed by atoms with Crippen LogP contribution in [0.4, 0.5) is 5.13 Å². The monoisotopic (exact) mass is 287 g/mol. The molecule has 1 saturated heterocycles. The van der Waals surface area contributed by atoms with Crippen LogP contribution in [0.5, 0.6) is 0 Å². The number of anilines is 1. The Balaban J connectivity index is 0.00000120. The highest BCUT2D eigenvalue weighted by atomic mass is 35.5. The third-order valence-electron chi connectivity index (χ3n) is 3.45. The highest BCUT2D eigenvalue weighted by Gasteiger charge is 2.23. The summed E-state index contributed by atoms with van der Waals surface area (Å²) in [4.78, 5) is 17.8. The van der Waals surface area contributed by atoms with Crippen molar-refractivity contribution in [1.82, 2.24) is 10.3 Å². The molecule has 1 aromatic rings. The Morgan fingerprint density at radius 1 is 1.33 bits per heavy atom. The van der Waals surface area contributed by atoms with Crippen LogP contribution in [0, 0.1) is 0 Å². The first-order valence-electron chi connectivity index (χ1n) is 6.36. The molecule has 0 unspecified atom stereocenters. The minimum Gasteiger partial charge on any atom is -0.306 e. The molecular weight excluding hydrogens is 270 g/mol. The van der Waals surface area contributed by atoms with Gasteiger partial charge in [-0.1, -0.05) is 0 Å². The van der Waals surface area contributed by atoms with E-state index in [0.29, 0.717) is 0 Å². The maximum Gasteiger partial charge on any atom is 0.243 e. The fraction of sp³-hybridized carbons (Fsp3) is 0.667. The van der Waals surface area contributed by atoms with Gasteiger partial charge in [0.05, 0.1) is 11.7 Å². The zero-order valence-corrected chi connectivity index (χ0v) is 11.8. The molecule has 0 radical (unpaired) electrons. The molecule has 18 heavy (non-hydrogen) atoms. The van der Waals surface area contributed by atoms with Crippen molar-refractivity contribution in [1.29, 1.82) is 0 Å². The maximum absolute atomic E-state index is 11.9. The molecule has 0 aromatic carbocycles. The molecule has 0 spiro atoms.